The fraction of sp³-hybridized carbons (Fsp3) is 0.148. The molecular weight excluding hydrogens is 605 g/mol. The molecule has 1 aliphatic rings. The van der Waals surface area contributed by atoms with Gasteiger partial charge in [0.05, 0.1) is 11.4 Å². The summed E-state index contributed by atoms with van der Waals surface area (Å²) in [6.07, 6.45) is 7.74. The number of pyridine rings is 2. The van der Waals surface area contributed by atoms with Crippen molar-refractivity contribution in [3.63, 3.8) is 0 Å². The molecule has 0 fully saturated rings. The summed E-state index contributed by atoms with van der Waals surface area (Å²) in [5.41, 5.74) is 4.53. The van der Waals surface area contributed by atoms with E-state index < -0.39 is 0 Å². The second kappa shape index (κ2) is 8.77. The molecule has 34 heavy (non-hydrogen) atoms. The number of imidazole rings is 1. The first-order chi connectivity index (χ1) is 16.1. The zero-order valence-corrected chi connectivity index (χ0v) is 21.2. The Morgan fingerprint density at radius 1 is 1.03 bits per heavy atom. The topological polar surface area (TPSA) is 45.9 Å². The molecule has 0 unspecified atom stereocenters. The van der Waals surface area contributed by atoms with Crippen molar-refractivity contribution in [1.82, 2.24) is 19.3 Å². The van der Waals surface area contributed by atoms with Crippen LogP contribution in [0.5, 0.6) is 11.5 Å². The van der Waals surface area contributed by atoms with Gasteiger partial charge >= 0.3 is 0 Å². The average molecular weight is 628 g/mol. The molecule has 2 aromatic carbocycles. The van der Waals surface area contributed by atoms with Crippen LogP contribution in [0.15, 0.2) is 67.3 Å². The molecule has 6 rings (SSSR count). The Morgan fingerprint density at radius 2 is 1.88 bits per heavy atom. The number of hydrogen-bond donors (Lipinski definition) is 0. The van der Waals surface area contributed by atoms with E-state index in [0.29, 0.717) is 11.5 Å². The Bertz CT molecular complexity index is 1540. The second-order valence-corrected chi connectivity index (χ2v) is 8.46. The quantitative estimate of drug-likeness (QED) is 0.184. The number of rotatable bonds is 4. The van der Waals surface area contributed by atoms with Gasteiger partial charge in [-0.15, -0.1) is 23.9 Å². The molecule has 0 radical (unpaired) electrons. The van der Waals surface area contributed by atoms with Crippen LogP contribution in [0.25, 0.3) is 27.5 Å². The fourth-order valence-corrected chi connectivity index (χ4v) is 4.21. The van der Waals surface area contributed by atoms with E-state index in [9.17, 15) is 0 Å². The van der Waals surface area contributed by atoms with Gasteiger partial charge in [-0.05, 0) is 42.3 Å². The molecule has 3 aromatic heterocycles. The summed E-state index contributed by atoms with van der Waals surface area (Å²) in [7, 11) is 1.99. The first kappa shape index (κ1) is 22.4. The zero-order chi connectivity index (χ0) is 22.5. The maximum atomic E-state index is 6.35. The Labute approximate surface area is 212 Å². The third-order valence-electron chi connectivity index (χ3n) is 5.78. The number of benzene rings is 2. The zero-order valence-electron chi connectivity index (χ0n) is 19.0. The normalized spacial score (nSPS) is 13.4. The van der Waals surface area contributed by atoms with Gasteiger partial charge in [-0.25, -0.2) is 0 Å². The monoisotopic (exact) mass is 627 g/mol. The van der Waals surface area contributed by atoms with Crippen LogP contribution in [0.3, 0.4) is 0 Å². The van der Waals surface area contributed by atoms with E-state index in [1.165, 1.54) is 0 Å². The molecule has 1 aliphatic heterocycles. The number of nitrogens with zero attached hydrogens (tertiary/aromatic N) is 5. The predicted molar refractivity (Wildman–Crippen MR) is 130 cm³/mol. The van der Waals surface area contributed by atoms with Gasteiger partial charge in [-0.2, -0.15) is 12.7 Å². The third-order valence-corrected chi connectivity index (χ3v) is 5.78. The molecule has 6 nitrogen and oxygen atoms in total. The molecule has 0 spiro atoms. The number of fused-ring (bicyclic) bond motifs is 6. The Morgan fingerprint density at radius 3 is 2.68 bits per heavy atom. The average Bonchev–Trinajstić information content (AvgIpc) is 3.48. The summed E-state index contributed by atoms with van der Waals surface area (Å²) in [5, 5.41) is 1.91. The standard InChI is InChI=1S/C27H22N5O.Pt/c1-18(2)25-24(33-20-8-6-7-19(15-20)31-14-13-30(3)17-31)16-22-26(29-25)21-9-4-5-10-23(21)32-12-11-28-27(22)32;/h4-14,17-18H,1-3H3;/q-3;. The van der Waals surface area contributed by atoms with Gasteiger partial charge in [-0.3, -0.25) is 4.98 Å². The maximum Gasteiger partial charge on any atom is 0.0634 e. The summed E-state index contributed by atoms with van der Waals surface area (Å²) >= 11 is 0. The van der Waals surface area contributed by atoms with Crippen LogP contribution >= 0.6 is 0 Å². The van der Waals surface area contributed by atoms with Gasteiger partial charge < -0.3 is 23.9 Å². The van der Waals surface area contributed by atoms with Crippen LogP contribution in [0.4, 0.5) is 5.69 Å². The van der Waals surface area contributed by atoms with Crippen LogP contribution in [0.1, 0.15) is 25.5 Å². The molecule has 4 heterocycles. The van der Waals surface area contributed by atoms with Crippen LogP contribution < -0.4 is 9.64 Å². The largest absolute Gasteiger partial charge is 0.510 e. The summed E-state index contributed by atoms with van der Waals surface area (Å²) in [6.45, 7) is 6.22. The molecule has 0 atom stereocenters. The molecule has 0 amide bonds. The van der Waals surface area contributed by atoms with Gasteiger partial charge in [0.25, 0.3) is 0 Å². The Kier molecular flexibility index (Phi) is 5.78. The molecule has 5 aromatic rings. The van der Waals surface area contributed by atoms with Gasteiger partial charge in [0, 0.05) is 50.4 Å². The van der Waals surface area contributed by atoms with Crippen molar-refractivity contribution in [2.45, 2.75) is 19.8 Å². The fourth-order valence-electron chi connectivity index (χ4n) is 4.21. The third kappa shape index (κ3) is 3.72. The van der Waals surface area contributed by atoms with Crippen LogP contribution in [-0.4, -0.2) is 26.3 Å². The molecule has 0 bridgehead atoms. The van der Waals surface area contributed by atoms with Crippen LogP contribution in [0, 0.1) is 18.8 Å². The number of hydrogen-bond acceptors (Lipinski definition) is 5. The minimum absolute atomic E-state index is 0. The van der Waals surface area contributed by atoms with E-state index in [1.54, 1.807) is 6.20 Å². The van der Waals surface area contributed by atoms with Gasteiger partial charge in [-0.1, -0.05) is 43.5 Å². The Hall–Kier alpha value is -3.37. The maximum absolute atomic E-state index is 6.35. The SMILES string of the molecule is CC(C)c1nc2c([c-]c1Oc1[c-]c(N3C=CN(C)[CH-]3)ccc1)c1nccn1c1ccccc21.[Pt]. The summed E-state index contributed by atoms with van der Waals surface area (Å²) < 4.78 is 8.43. The second-order valence-electron chi connectivity index (χ2n) is 8.46. The predicted octanol–water partition coefficient (Wildman–Crippen LogP) is 5.89. The van der Waals surface area contributed by atoms with Crippen molar-refractivity contribution >= 4 is 33.1 Å². The van der Waals surface area contributed by atoms with E-state index in [1.807, 2.05) is 72.4 Å². The number of ether oxygens (including phenoxy) is 1. The molecule has 0 saturated carbocycles. The van der Waals surface area contributed by atoms with Crippen molar-refractivity contribution in [3.8, 4) is 11.5 Å². The van der Waals surface area contributed by atoms with Gasteiger partial charge in [0.1, 0.15) is 0 Å². The molecule has 0 saturated heterocycles. The Balaban J connectivity index is 0.00000241. The van der Waals surface area contributed by atoms with E-state index in [2.05, 4.69) is 47.5 Å². The van der Waals surface area contributed by atoms with Crippen molar-refractivity contribution in [3.05, 3.63) is 91.8 Å². The van der Waals surface area contributed by atoms with Gasteiger partial charge in [0.15, 0.2) is 0 Å². The van der Waals surface area contributed by atoms with E-state index in [0.717, 1.165) is 38.8 Å². The minimum Gasteiger partial charge on any atom is -0.510 e. The van der Waals surface area contributed by atoms with Crippen molar-refractivity contribution in [2.75, 3.05) is 11.9 Å². The molecular formula is C27H22N5OPt-3. The smallest absolute Gasteiger partial charge is 0.0634 e. The van der Waals surface area contributed by atoms with Crippen molar-refractivity contribution in [1.29, 1.82) is 0 Å². The van der Waals surface area contributed by atoms with Crippen LogP contribution in [-0.2, 0) is 21.1 Å². The summed E-state index contributed by atoms with van der Waals surface area (Å²) in [6, 6.07) is 21.0. The van der Waals surface area contributed by atoms with Crippen molar-refractivity contribution in [2.24, 2.45) is 0 Å². The van der Waals surface area contributed by atoms with Gasteiger partial charge in [0.2, 0.25) is 0 Å². The first-order valence-electron chi connectivity index (χ1n) is 10.9. The van der Waals surface area contributed by atoms with E-state index in [4.69, 9.17) is 9.72 Å². The van der Waals surface area contributed by atoms with Crippen LogP contribution in [0.2, 0.25) is 0 Å². The minimum atomic E-state index is 0. The van der Waals surface area contributed by atoms with E-state index >= 15 is 0 Å². The molecule has 7 heteroatoms. The molecule has 0 N–H and O–H groups in total. The summed E-state index contributed by atoms with van der Waals surface area (Å²) in [4.78, 5) is 13.7. The molecule has 0 aliphatic carbocycles. The number of aromatic nitrogens is 3. The number of anilines is 1. The summed E-state index contributed by atoms with van der Waals surface area (Å²) in [5.74, 6) is 1.37. The van der Waals surface area contributed by atoms with E-state index in [-0.39, 0.29) is 27.0 Å². The number of para-hydroxylation sites is 1. The first-order valence-corrected chi connectivity index (χ1v) is 10.9. The molecule has 174 valence electrons. The van der Waals surface area contributed by atoms with Crippen molar-refractivity contribution < 1.29 is 25.8 Å².